The average Bonchev–Trinajstić information content (AvgIpc) is 2.86. The van der Waals surface area contributed by atoms with Crippen molar-refractivity contribution in [2.24, 2.45) is 5.92 Å². The highest BCUT2D eigenvalue weighted by Crippen LogP contribution is 2.25. The van der Waals surface area contributed by atoms with E-state index < -0.39 is 0 Å². The first-order valence-corrected chi connectivity index (χ1v) is 6.84. The molecule has 1 aliphatic rings. The SMILES string of the molecule is Cc1cc(NC(=O)N(C)CC2CCCC2)ccc1F. The minimum absolute atomic E-state index is 0.127. The van der Waals surface area contributed by atoms with Crippen LogP contribution in [0.3, 0.4) is 0 Å². The fourth-order valence-electron chi connectivity index (χ4n) is 2.60. The van der Waals surface area contributed by atoms with Gasteiger partial charge in [0.15, 0.2) is 0 Å². The number of rotatable bonds is 3. The maximum atomic E-state index is 13.1. The minimum atomic E-state index is -0.252. The van der Waals surface area contributed by atoms with E-state index in [1.54, 1.807) is 24.0 Å². The van der Waals surface area contributed by atoms with Gasteiger partial charge >= 0.3 is 6.03 Å². The molecule has 0 aromatic heterocycles. The Labute approximate surface area is 113 Å². The summed E-state index contributed by atoms with van der Waals surface area (Å²) in [6, 6.07) is 4.49. The van der Waals surface area contributed by atoms with Crippen molar-refractivity contribution in [1.29, 1.82) is 0 Å². The quantitative estimate of drug-likeness (QED) is 0.885. The van der Waals surface area contributed by atoms with Gasteiger partial charge in [0.2, 0.25) is 0 Å². The average molecular weight is 264 g/mol. The van der Waals surface area contributed by atoms with Gasteiger partial charge in [-0.2, -0.15) is 0 Å². The molecule has 1 N–H and O–H groups in total. The van der Waals surface area contributed by atoms with Gasteiger partial charge in [0.25, 0.3) is 0 Å². The van der Waals surface area contributed by atoms with Crippen molar-refractivity contribution in [3.8, 4) is 0 Å². The Bertz CT molecular complexity index is 455. The summed E-state index contributed by atoms with van der Waals surface area (Å²) < 4.78 is 13.1. The predicted molar refractivity (Wildman–Crippen MR) is 74.7 cm³/mol. The first-order chi connectivity index (χ1) is 9.06. The van der Waals surface area contributed by atoms with Gasteiger partial charge in [-0.15, -0.1) is 0 Å². The summed E-state index contributed by atoms with van der Waals surface area (Å²) in [5.74, 6) is 0.378. The molecule has 1 aromatic carbocycles. The van der Waals surface area contributed by atoms with Crippen LogP contribution in [0.2, 0.25) is 0 Å². The Morgan fingerprint density at radius 2 is 2.11 bits per heavy atom. The number of aryl methyl sites for hydroxylation is 1. The van der Waals surface area contributed by atoms with Crippen LogP contribution in [0.5, 0.6) is 0 Å². The number of amides is 2. The van der Waals surface area contributed by atoms with Crippen molar-refractivity contribution in [2.75, 3.05) is 18.9 Å². The third-order valence-corrected chi connectivity index (χ3v) is 3.76. The van der Waals surface area contributed by atoms with E-state index in [0.29, 0.717) is 17.2 Å². The lowest BCUT2D eigenvalue weighted by Gasteiger charge is -2.21. The normalized spacial score (nSPS) is 15.5. The zero-order chi connectivity index (χ0) is 13.8. The standard InChI is InChI=1S/C15H21FN2O/c1-11-9-13(7-8-14(11)16)17-15(19)18(2)10-12-5-3-4-6-12/h7-9,12H,3-6,10H2,1-2H3,(H,17,19). The summed E-state index contributed by atoms with van der Waals surface area (Å²) in [6.07, 6.45) is 4.98. The van der Waals surface area contributed by atoms with Crippen LogP contribution < -0.4 is 5.32 Å². The number of anilines is 1. The Morgan fingerprint density at radius 3 is 2.74 bits per heavy atom. The van der Waals surface area contributed by atoms with Gasteiger partial charge in [-0.05, 0) is 49.4 Å². The second-order valence-corrected chi connectivity index (χ2v) is 5.43. The molecule has 0 spiro atoms. The van der Waals surface area contributed by atoms with Crippen LogP contribution in [0.1, 0.15) is 31.2 Å². The Balaban J connectivity index is 1.90. The van der Waals surface area contributed by atoms with Gasteiger partial charge in [-0.3, -0.25) is 0 Å². The molecule has 1 saturated carbocycles. The third-order valence-electron chi connectivity index (χ3n) is 3.76. The molecular formula is C15H21FN2O. The number of nitrogens with zero attached hydrogens (tertiary/aromatic N) is 1. The van der Waals surface area contributed by atoms with E-state index in [-0.39, 0.29) is 11.8 Å². The summed E-state index contributed by atoms with van der Waals surface area (Å²) in [7, 11) is 1.81. The topological polar surface area (TPSA) is 32.3 Å². The molecule has 1 aromatic rings. The summed E-state index contributed by atoms with van der Waals surface area (Å²) >= 11 is 0. The van der Waals surface area contributed by atoms with Gasteiger partial charge in [0.05, 0.1) is 0 Å². The predicted octanol–water partition coefficient (Wildman–Crippen LogP) is 3.79. The molecule has 1 aliphatic carbocycles. The molecule has 4 heteroatoms. The van der Waals surface area contributed by atoms with Crippen LogP contribution in [0.25, 0.3) is 0 Å². The molecule has 0 heterocycles. The summed E-state index contributed by atoms with van der Waals surface area (Å²) in [4.78, 5) is 13.7. The van der Waals surface area contributed by atoms with E-state index in [2.05, 4.69) is 5.32 Å². The van der Waals surface area contributed by atoms with Crippen molar-refractivity contribution in [3.05, 3.63) is 29.6 Å². The number of hydrogen-bond acceptors (Lipinski definition) is 1. The molecule has 0 bridgehead atoms. The maximum Gasteiger partial charge on any atom is 0.321 e. The first kappa shape index (κ1) is 13.8. The molecule has 19 heavy (non-hydrogen) atoms. The minimum Gasteiger partial charge on any atom is -0.327 e. The summed E-state index contributed by atoms with van der Waals surface area (Å²) in [5, 5.41) is 2.80. The van der Waals surface area contributed by atoms with E-state index in [9.17, 15) is 9.18 Å². The molecule has 3 nitrogen and oxygen atoms in total. The van der Waals surface area contributed by atoms with E-state index in [0.717, 1.165) is 6.54 Å². The second kappa shape index (κ2) is 6.04. The highest BCUT2D eigenvalue weighted by Gasteiger charge is 2.19. The molecule has 104 valence electrons. The van der Waals surface area contributed by atoms with Gasteiger partial charge < -0.3 is 10.2 Å². The lowest BCUT2D eigenvalue weighted by Crippen LogP contribution is -2.34. The van der Waals surface area contributed by atoms with Gasteiger partial charge in [-0.25, -0.2) is 9.18 Å². The number of carbonyl (C=O) groups excluding carboxylic acids is 1. The Kier molecular flexibility index (Phi) is 4.40. The van der Waals surface area contributed by atoms with Crippen molar-refractivity contribution in [1.82, 2.24) is 4.90 Å². The first-order valence-electron chi connectivity index (χ1n) is 6.84. The molecule has 0 radical (unpaired) electrons. The highest BCUT2D eigenvalue weighted by atomic mass is 19.1. The van der Waals surface area contributed by atoms with Crippen LogP contribution in [0.15, 0.2) is 18.2 Å². The number of nitrogens with one attached hydrogen (secondary N) is 1. The highest BCUT2D eigenvalue weighted by molar-refractivity contribution is 5.89. The van der Waals surface area contributed by atoms with Crippen LogP contribution in [0, 0.1) is 18.7 Å². The zero-order valence-corrected chi connectivity index (χ0v) is 11.6. The van der Waals surface area contributed by atoms with Crippen molar-refractivity contribution in [2.45, 2.75) is 32.6 Å². The maximum absolute atomic E-state index is 13.1. The lowest BCUT2D eigenvalue weighted by atomic mass is 10.1. The number of urea groups is 1. The number of hydrogen-bond donors (Lipinski definition) is 1. The molecule has 0 unspecified atom stereocenters. The number of carbonyl (C=O) groups is 1. The number of halogens is 1. The summed E-state index contributed by atoms with van der Waals surface area (Å²) in [6.45, 7) is 2.49. The molecule has 0 saturated heterocycles. The van der Waals surface area contributed by atoms with Crippen molar-refractivity contribution < 1.29 is 9.18 Å². The van der Waals surface area contributed by atoms with Crippen molar-refractivity contribution in [3.63, 3.8) is 0 Å². The van der Waals surface area contributed by atoms with E-state index >= 15 is 0 Å². The van der Waals surface area contributed by atoms with E-state index in [1.807, 2.05) is 7.05 Å². The zero-order valence-electron chi connectivity index (χ0n) is 11.6. The van der Waals surface area contributed by atoms with Gasteiger partial charge in [0, 0.05) is 19.3 Å². The summed E-state index contributed by atoms with van der Waals surface area (Å²) in [5.41, 5.74) is 1.18. The molecule has 1 fully saturated rings. The Morgan fingerprint density at radius 1 is 1.42 bits per heavy atom. The number of benzene rings is 1. The lowest BCUT2D eigenvalue weighted by molar-refractivity contribution is 0.214. The molecule has 2 rings (SSSR count). The molecule has 2 amide bonds. The van der Waals surface area contributed by atoms with E-state index in [1.165, 1.54) is 31.7 Å². The largest absolute Gasteiger partial charge is 0.327 e. The van der Waals surface area contributed by atoms with Crippen LogP contribution >= 0.6 is 0 Å². The Hall–Kier alpha value is -1.58. The van der Waals surface area contributed by atoms with E-state index in [4.69, 9.17) is 0 Å². The molecule has 0 atom stereocenters. The van der Waals surface area contributed by atoms with Gasteiger partial charge in [0.1, 0.15) is 5.82 Å². The monoisotopic (exact) mass is 264 g/mol. The smallest absolute Gasteiger partial charge is 0.321 e. The van der Waals surface area contributed by atoms with Crippen LogP contribution in [0.4, 0.5) is 14.9 Å². The fourth-order valence-corrected chi connectivity index (χ4v) is 2.60. The molecule has 0 aliphatic heterocycles. The third kappa shape index (κ3) is 3.69. The van der Waals surface area contributed by atoms with Crippen molar-refractivity contribution >= 4 is 11.7 Å². The molecular weight excluding hydrogens is 243 g/mol. The second-order valence-electron chi connectivity index (χ2n) is 5.43. The van der Waals surface area contributed by atoms with Crippen LogP contribution in [-0.4, -0.2) is 24.5 Å². The van der Waals surface area contributed by atoms with Crippen LogP contribution in [-0.2, 0) is 0 Å². The fraction of sp³-hybridized carbons (Fsp3) is 0.533. The van der Waals surface area contributed by atoms with Gasteiger partial charge in [-0.1, -0.05) is 12.8 Å².